The van der Waals surface area contributed by atoms with Gasteiger partial charge in [-0.15, -0.1) is 11.3 Å². The molecular weight excluding hydrogens is 510 g/mol. The molecule has 5 nitrogen and oxygen atoms in total. The Morgan fingerprint density at radius 3 is 2.67 bits per heavy atom. The molecule has 4 heterocycles. The minimum atomic E-state index is 0.753. The minimum Gasteiger partial charge on any atom is -0.358 e. The van der Waals surface area contributed by atoms with Gasteiger partial charge in [0.05, 0.1) is 23.1 Å². The number of thiophene rings is 1. The van der Waals surface area contributed by atoms with Crippen LogP contribution < -0.4 is 5.32 Å². The topological polar surface area (TPSA) is 69.4 Å². The summed E-state index contributed by atoms with van der Waals surface area (Å²) < 4.78 is 0. The Hall–Kier alpha value is -4.94. The Kier molecular flexibility index (Phi) is 7.00. The van der Waals surface area contributed by atoms with E-state index in [-0.39, 0.29) is 0 Å². The van der Waals surface area contributed by atoms with Gasteiger partial charge in [0, 0.05) is 51.0 Å². The van der Waals surface area contributed by atoms with Gasteiger partial charge in [0.2, 0.25) is 0 Å². The number of benzene rings is 2. The first-order valence-electron chi connectivity index (χ1n) is 13.1. The second kappa shape index (κ2) is 11.0. The first-order valence-corrected chi connectivity index (χ1v) is 14.0. The molecule has 0 aliphatic heterocycles. The number of nitrogens with zero attached hydrogens (tertiary/aromatic N) is 2. The molecule has 0 saturated carbocycles. The van der Waals surface area contributed by atoms with Crippen molar-refractivity contribution < 1.29 is 0 Å². The fraction of sp³-hybridized carbons (Fsp3) is 0.0588. The van der Waals surface area contributed by atoms with Crippen molar-refractivity contribution in [3.8, 4) is 22.5 Å². The lowest BCUT2D eigenvalue weighted by Gasteiger charge is -2.11. The summed E-state index contributed by atoms with van der Waals surface area (Å²) in [5.41, 5.74) is 11.3. The van der Waals surface area contributed by atoms with E-state index in [2.05, 4.69) is 112 Å². The summed E-state index contributed by atoms with van der Waals surface area (Å²) in [5.74, 6) is 0. The first kappa shape index (κ1) is 25.3. The van der Waals surface area contributed by atoms with Gasteiger partial charge >= 0.3 is 0 Å². The fourth-order valence-electron chi connectivity index (χ4n) is 4.98. The van der Waals surface area contributed by atoms with Crippen LogP contribution in [0.15, 0.2) is 122 Å². The lowest BCUT2D eigenvalue weighted by Crippen LogP contribution is -2.02. The normalized spacial score (nSPS) is 11.6. The van der Waals surface area contributed by atoms with E-state index in [0.717, 1.165) is 68.1 Å². The Labute approximate surface area is 237 Å². The minimum absolute atomic E-state index is 0.753. The van der Waals surface area contributed by atoms with Gasteiger partial charge in [0.1, 0.15) is 5.69 Å². The van der Waals surface area contributed by atoms with Crippen LogP contribution >= 0.6 is 11.3 Å². The van der Waals surface area contributed by atoms with Gasteiger partial charge in [0.15, 0.2) is 0 Å². The summed E-state index contributed by atoms with van der Waals surface area (Å²) in [6.45, 7) is 10.2. The average molecular weight is 540 g/mol. The van der Waals surface area contributed by atoms with Crippen molar-refractivity contribution in [2.24, 2.45) is 0 Å². The summed E-state index contributed by atoms with van der Waals surface area (Å²) in [6.07, 6.45) is 8.37. The molecule has 0 aliphatic rings. The monoisotopic (exact) mass is 539 g/mol. The predicted octanol–water partition coefficient (Wildman–Crippen LogP) is 8.78. The van der Waals surface area contributed by atoms with Crippen molar-refractivity contribution in [1.82, 2.24) is 20.2 Å². The highest BCUT2D eigenvalue weighted by molar-refractivity contribution is 7.11. The zero-order valence-corrected chi connectivity index (χ0v) is 23.1. The molecule has 0 unspecified atom stereocenters. The molecule has 2 aromatic carbocycles. The van der Waals surface area contributed by atoms with E-state index in [9.17, 15) is 0 Å². The van der Waals surface area contributed by atoms with Crippen molar-refractivity contribution in [3.05, 3.63) is 143 Å². The standard InChI is InChI=1S/C34H29N5S/c1-4-9-28(33-12-8-15-40-33)29-19-32(37-23(29)3)34-30-18-25(13-14-31(30)38-39-34)26-17-27(21-35-20-26)36-22(2)16-24-10-6-5-7-11-24/h4-15,17-21,36-37H,1-2,16H2,3H3,(H,38,39)/b28-9+. The van der Waals surface area contributed by atoms with Crippen molar-refractivity contribution in [2.75, 3.05) is 5.32 Å². The van der Waals surface area contributed by atoms with Crippen molar-refractivity contribution in [1.29, 1.82) is 0 Å². The molecule has 0 radical (unpaired) electrons. The van der Waals surface area contributed by atoms with Gasteiger partial charge in [-0.25, -0.2) is 0 Å². The van der Waals surface area contributed by atoms with Crippen LogP contribution in [0, 0.1) is 6.92 Å². The molecule has 0 saturated heterocycles. The molecule has 6 aromatic rings. The van der Waals surface area contributed by atoms with E-state index in [4.69, 9.17) is 0 Å². The summed E-state index contributed by atoms with van der Waals surface area (Å²) in [4.78, 5) is 9.27. The molecule has 0 bridgehead atoms. The Morgan fingerprint density at radius 2 is 1.88 bits per heavy atom. The highest BCUT2D eigenvalue weighted by Crippen LogP contribution is 2.35. The lowest BCUT2D eigenvalue weighted by atomic mass is 10.0. The third-order valence-electron chi connectivity index (χ3n) is 6.85. The molecule has 0 spiro atoms. The maximum atomic E-state index is 4.69. The van der Waals surface area contributed by atoms with E-state index < -0.39 is 0 Å². The fourth-order valence-corrected chi connectivity index (χ4v) is 5.74. The van der Waals surface area contributed by atoms with E-state index in [0.29, 0.717) is 0 Å². The molecule has 196 valence electrons. The number of hydrogen-bond donors (Lipinski definition) is 3. The number of hydrogen-bond acceptors (Lipinski definition) is 4. The van der Waals surface area contributed by atoms with Gasteiger partial charge in [-0.2, -0.15) is 5.10 Å². The first-order chi connectivity index (χ1) is 19.6. The average Bonchev–Trinajstić information content (AvgIpc) is 3.72. The van der Waals surface area contributed by atoms with Crippen LogP contribution in [-0.2, 0) is 6.42 Å². The maximum absolute atomic E-state index is 4.69. The summed E-state index contributed by atoms with van der Waals surface area (Å²) in [7, 11) is 0. The van der Waals surface area contributed by atoms with Crippen LogP contribution in [0.5, 0.6) is 0 Å². The summed E-state index contributed by atoms with van der Waals surface area (Å²) in [5, 5.41) is 14.4. The van der Waals surface area contributed by atoms with Crippen LogP contribution in [0.1, 0.15) is 21.7 Å². The number of fused-ring (bicyclic) bond motifs is 1. The zero-order valence-electron chi connectivity index (χ0n) is 22.2. The van der Waals surface area contributed by atoms with Gasteiger partial charge in [0.25, 0.3) is 0 Å². The smallest absolute Gasteiger partial charge is 0.116 e. The third kappa shape index (κ3) is 5.17. The predicted molar refractivity (Wildman–Crippen MR) is 168 cm³/mol. The summed E-state index contributed by atoms with van der Waals surface area (Å²) in [6, 6.07) is 25.1. The lowest BCUT2D eigenvalue weighted by molar-refractivity contribution is 1.11. The van der Waals surface area contributed by atoms with Gasteiger partial charge in [-0.3, -0.25) is 10.1 Å². The number of rotatable bonds is 9. The molecule has 0 fully saturated rings. The molecular formula is C34H29N5S. The molecule has 0 atom stereocenters. The number of pyridine rings is 1. The van der Waals surface area contributed by atoms with Crippen LogP contribution in [0.25, 0.3) is 39.0 Å². The van der Waals surface area contributed by atoms with E-state index in [1.54, 1.807) is 11.3 Å². The second-order valence-electron chi connectivity index (χ2n) is 9.70. The number of aromatic amines is 2. The summed E-state index contributed by atoms with van der Waals surface area (Å²) >= 11 is 1.72. The van der Waals surface area contributed by atoms with E-state index in [1.165, 1.54) is 10.4 Å². The number of aromatic nitrogens is 4. The van der Waals surface area contributed by atoms with Gasteiger partial charge < -0.3 is 10.3 Å². The Balaban J connectivity index is 1.30. The van der Waals surface area contributed by atoms with E-state index >= 15 is 0 Å². The molecule has 6 heteroatoms. The Bertz CT molecular complexity index is 1840. The van der Waals surface area contributed by atoms with Crippen molar-refractivity contribution in [2.45, 2.75) is 13.3 Å². The quantitative estimate of drug-likeness (QED) is 0.161. The van der Waals surface area contributed by atoms with Crippen molar-refractivity contribution >= 4 is 33.5 Å². The number of nitrogens with one attached hydrogen (secondary N) is 3. The Morgan fingerprint density at radius 1 is 1.00 bits per heavy atom. The molecule has 0 amide bonds. The van der Waals surface area contributed by atoms with Crippen molar-refractivity contribution in [3.63, 3.8) is 0 Å². The maximum Gasteiger partial charge on any atom is 0.116 e. The SMILES string of the molecule is C=C/C=C(/c1cccs1)c1cc(-c2n[nH]c3ccc(-c4cncc(NC(=C)Cc5ccccc5)c4)cc23)[nH]c1C. The molecule has 40 heavy (non-hydrogen) atoms. The highest BCUT2D eigenvalue weighted by atomic mass is 32.1. The molecule has 4 aromatic heterocycles. The van der Waals surface area contributed by atoms with Crippen LogP contribution in [-0.4, -0.2) is 20.2 Å². The molecule has 6 rings (SSSR count). The van der Waals surface area contributed by atoms with E-state index in [1.807, 2.05) is 36.7 Å². The number of aryl methyl sites for hydroxylation is 1. The zero-order chi connectivity index (χ0) is 27.5. The van der Waals surface area contributed by atoms with Gasteiger partial charge in [-0.1, -0.05) is 67.8 Å². The van der Waals surface area contributed by atoms with Crippen LogP contribution in [0.4, 0.5) is 5.69 Å². The third-order valence-corrected chi connectivity index (χ3v) is 7.75. The van der Waals surface area contributed by atoms with Gasteiger partial charge in [-0.05, 0) is 53.8 Å². The largest absolute Gasteiger partial charge is 0.358 e. The second-order valence-corrected chi connectivity index (χ2v) is 10.6. The molecule has 0 aliphatic carbocycles. The number of H-pyrrole nitrogens is 2. The number of anilines is 1. The highest BCUT2D eigenvalue weighted by Gasteiger charge is 2.17. The van der Waals surface area contributed by atoms with Crippen LogP contribution in [0.2, 0.25) is 0 Å². The van der Waals surface area contributed by atoms with Crippen LogP contribution in [0.3, 0.4) is 0 Å². The number of allylic oxidation sites excluding steroid dienone is 3. The molecule has 3 N–H and O–H groups in total.